The van der Waals surface area contributed by atoms with Crippen molar-refractivity contribution < 1.29 is 0 Å². The molecule has 0 heteroatoms. The van der Waals surface area contributed by atoms with Crippen LogP contribution in [0.1, 0.15) is 25.0 Å². The van der Waals surface area contributed by atoms with E-state index >= 15 is 0 Å². The normalized spacial score (nSPS) is 14.9. The van der Waals surface area contributed by atoms with Crippen molar-refractivity contribution in [2.75, 3.05) is 0 Å². The van der Waals surface area contributed by atoms with Gasteiger partial charge in [-0.2, -0.15) is 0 Å². The highest BCUT2D eigenvalue weighted by atomic mass is 14.4. The Balaban J connectivity index is 2.10. The molecule has 0 nitrogen and oxygen atoms in total. The van der Waals surface area contributed by atoms with Gasteiger partial charge in [0, 0.05) is 5.41 Å². The Morgan fingerprint density at radius 1 is 0.609 bits per heavy atom. The van der Waals surface area contributed by atoms with E-state index in [-0.39, 0.29) is 5.41 Å². The van der Waals surface area contributed by atoms with Crippen molar-refractivity contribution in [3.63, 3.8) is 0 Å². The minimum absolute atomic E-state index is 0.0211. The van der Waals surface area contributed by atoms with Gasteiger partial charge in [-0.1, -0.05) is 80.6 Å². The fourth-order valence-corrected chi connectivity index (χ4v) is 4.29. The Kier molecular flexibility index (Phi) is 2.37. The molecule has 1 aliphatic rings. The Hall–Kier alpha value is -2.60. The van der Waals surface area contributed by atoms with E-state index < -0.39 is 0 Å². The molecule has 0 heterocycles. The zero-order chi connectivity index (χ0) is 15.6. The van der Waals surface area contributed by atoms with Gasteiger partial charge < -0.3 is 0 Å². The van der Waals surface area contributed by atoms with Crippen LogP contribution in [0.2, 0.25) is 0 Å². The third kappa shape index (κ3) is 1.56. The Morgan fingerprint density at radius 3 is 2.22 bits per heavy atom. The number of hydrogen-bond acceptors (Lipinski definition) is 0. The molecule has 0 spiro atoms. The Bertz CT molecular complexity index is 1080. The van der Waals surface area contributed by atoms with Gasteiger partial charge in [-0.25, -0.2) is 0 Å². The van der Waals surface area contributed by atoms with Crippen molar-refractivity contribution in [2.45, 2.75) is 19.3 Å². The van der Waals surface area contributed by atoms with E-state index in [0.29, 0.717) is 0 Å². The molecule has 0 radical (unpaired) electrons. The fourth-order valence-electron chi connectivity index (χ4n) is 4.29. The van der Waals surface area contributed by atoms with Crippen LogP contribution in [0.4, 0.5) is 0 Å². The molecular weight excluding hydrogens is 276 g/mol. The van der Waals surface area contributed by atoms with E-state index in [2.05, 4.69) is 86.6 Å². The van der Waals surface area contributed by atoms with Crippen LogP contribution in [0.3, 0.4) is 0 Å². The monoisotopic (exact) mass is 294 g/mol. The SMILES string of the molecule is CC1(C)c2ccccc2-c2cccc3c2c1cc1ccccc13. The van der Waals surface area contributed by atoms with Gasteiger partial charge in [-0.15, -0.1) is 0 Å². The standard InChI is InChI=1S/C23H18/c1-23(2)20-13-6-5-10-17(20)19-12-7-11-18-16-9-4-3-8-15(16)14-21(23)22(18)19/h3-14H,1-2H3. The van der Waals surface area contributed by atoms with Gasteiger partial charge in [0.2, 0.25) is 0 Å². The van der Waals surface area contributed by atoms with Crippen molar-refractivity contribution >= 4 is 21.5 Å². The molecule has 0 N–H and O–H groups in total. The lowest BCUT2D eigenvalue weighted by atomic mass is 9.68. The van der Waals surface area contributed by atoms with Crippen LogP contribution < -0.4 is 0 Å². The predicted molar refractivity (Wildman–Crippen MR) is 99.0 cm³/mol. The molecule has 0 atom stereocenters. The lowest BCUT2D eigenvalue weighted by Crippen LogP contribution is -2.23. The molecule has 23 heavy (non-hydrogen) atoms. The van der Waals surface area contributed by atoms with Crippen LogP contribution in [0.25, 0.3) is 32.7 Å². The molecule has 0 aromatic heterocycles. The van der Waals surface area contributed by atoms with E-state index in [1.165, 1.54) is 43.8 Å². The number of rotatable bonds is 0. The third-order valence-electron chi connectivity index (χ3n) is 5.45. The van der Waals surface area contributed by atoms with E-state index in [1.54, 1.807) is 0 Å². The summed E-state index contributed by atoms with van der Waals surface area (Å²) in [4.78, 5) is 0. The summed E-state index contributed by atoms with van der Waals surface area (Å²) in [6.07, 6.45) is 0. The Labute approximate surface area is 136 Å². The summed E-state index contributed by atoms with van der Waals surface area (Å²) in [5, 5.41) is 5.48. The summed E-state index contributed by atoms with van der Waals surface area (Å²) < 4.78 is 0. The maximum Gasteiger partial charge on any atom is 0.0159 e. The van der Waals surface area contributed by atoms with Gasteiger partial charge in [-0.05, 0) is 49.9 Å². The highest BCUT2D eigenvalue weighted by molar-refractivity contribution is 6.15. The maximum absolute atomic E-state index is 2.40. The van der Waals surface area contributed by atoms with Crippen molar-refractivity contribution in [1.82, 2.24) is 0 Å². The summed E-state index contributed by atoms with van der Waals surface area (Å²) in [6, 6.07) is 26.8. The smallest absolute Gasteiger partial charge is 0.0159 e. The second kappa shape index (κ2) is 4.23. The first-order chi connectivity index (χ1) is 11.2. The van der Waals surface area contributed by atoms with E-state index in [0.717, 1.165) is 0 Å². The van der Waals surface area contributed by atoms with Crippen molar-refractivity contribution in [2.24, 2.45) is 0 Å². The number of benzene rings is 4. The summed E-state index contributed by atoms with van der Waals surface area (Å²) in [5.41, 5.74) is 5.65. The fraction of sp³-hybridized carbons (Fsp3) is 0.130. The molecule has 4 aromatic rings. The minimum atomic E-state index is 0.0211. The van der Waals surface area contributed by atoms with E-state index in [1.807, 2.05) is 0 Å². The third-order valence-corrected chi connectivity index (χ3v) is 5.45. The molecule has 110 valence electrons. The average molecular weight is 294 g/mol. The summed E-state index contributed by atoms with van der Waals surface area (Å²) >= 11 is 0. The molecule has 5 rings (SSSR count). The summed E-state index contributed by atoms with van der Waals surface area (Å²) in [6.45, 7) is 4.70. The Morgan fingerprint density at radius 2 is 1.30 bits per heavy atom. The average Bonchev–Trinajstić information content (AvgIpc) is 2.59. The predicted octanol–water partition coefficient (Wildman–Crippen LogP) is 6.30. The molecule has 0 unspecified atom stereocenters. The van der Waals surface area contributed by atoms with Gasteiger partial charge in [0.25, 0.3) is 0 Å². The first kappa shape index (κ1) is 12.9. The maximum atomic E-state index is 2.40. The van der Waals surface area contributed by atoms with Crippen LogP contribution in [0.15, 0.2) is 72.8 Å². The van der Waals surface area contributed by atoms with Gasteiger partial charge in [0.15, 0.2) is 0 Å². The van der Waals surface area contributed by atoms with Crippen molar-refractivity contribution in [3.8, 4) is 11.1 Å². The highest BCUT2D eigenvalue weighted by Crippen LogP contribution is 2.49. The first-order valence-corrected chi connectivity index (χ1v) is 8.23. The molecule has 0 bridgehead atoms. The minimum Gasteiger partial charge on any atom is -0.0619 e. The lowest BCUT2D eigenvalue weighted by molar-refractivity contribution is 0.646. The highest BCUT2D eigenvalue weighted by Gasteiger charge is 2.33. The van der Waals surface area contributed by atoms with Crippen LogP contribution in [0, 0.1) is 0 Å². The molecular formula is C23H18. The molecule has 0 fully saturated rings. The second-order valence-corrected chi connectivity index (χ2v) is 7.04. The van der Waals surface area contributed by atoms with Crippen molar-refractivity contribution in [1.29, 1.82) is 0 Å². The molecule has 0 aliphatic heterocycles. The topological polar surface area (TPSA) is 0 Å². The number of fused-ring (bicyclic) bond motifs is 4. The zero-order valence-electron chi connectivity index (χ0n) is 13.4. The zero-order valence-corrected chi connectivity index (χ0v) is 13.4. The van der Waals surface area contributed by atoms with Crippen LogP contribution >= 0.6 is 0 Å². The van der Waals surface area contributed by atoms with Gasteiger partial charge in [0.1, 0.15) is 0 Å². The quantitative estimate of drug-likeness (QED) is 0.334. The lowest BCUT2D eigenvalue weighted by Gasteiger charge is -2.35. The van der Waals surface area contributed by atoms with Gasteiger partial charge in [-0.3, -0.25) is 0 Å². The van der Waals surface area contributed by atoms with E-state index in [4.69, 9.17) is 0 Å². The summed E-state index contributed by atoms with van der Waals surface area (Å²) in [5.74, 6) is 0. The van der Waals surface area contributed by atoms with E-state index in [9.17, 15) is 0 Å². The molecule has 0 saturated carbocycles. The molecule has 1 aliphatic carbocycles. The molecule has 4 aromatic carbocycles. The number of hydrogen-bond donors (Lipinski definition) is 0. The second-order valence-electron chi connectivity index (χ2n) is 7.04. The van der Waals surface area contributed by atoms with Crippen LogP contribution in [-0.4, -0.2) is 0 Å². The van der Waals surface area contributed by atoms with Crippen molar-refractivity contribution in [3.05, 3.63) is 83.9 Å². The summed E-state index contributed by atoms with van der Waals surface area (Å²) in [7, 11) is 0. The molecule has 0 amide bonds. The van der Waals surface area contributed by atoms with Gasteiger partial charge >= 0.3 is 0 Å². The molecule has 0 saturated heterocycles. The van der Waals surface area contributed by atoms with Gasteiger partial charge in [0.05, 0.1) is 0 Å². The van der Waals surface area contributed by atoms with Crippen LogP contribution in [0.5, 0.6) is 0 Å². The van der Waals surface area contributed by atoms with Crippen LogP contribution in [-0.2, 0) is 5.41 Å². The first-order valence-electron chi connectivity index (χ1n) is 8.23. The largest absolute Gasteiger partial charge is 0.0619 e.